The van der Waals surface area contributed by atoms with E-state index in [0.29, 0.717) is 27.1 Å². The summed E-state index contributed by atoms with van der Waals surface area (Å²) in [6.45, 7) is 0. The molecule has 0 fully saturated rings. The molecule has 0 amide bonds. The lowest BCUT2D eigenvalue weighted by atomic mass is 10.1. The van der Waals surface area contributed by atoms with Crippen molar-refractivity contribution in [1.29, 1.82) is 0 Å². The molecule has 2 aromatic carbocycles. The number of ketones is 1. The van der Waals surface area contributed by atoms with Crippen LogP contribution in [-0.4, -0.2) is 20.0 Å². The normalized spacial score (nSPS) is 10.7. The lowest BCUT2D eigenvalue weighted by molar-refractivity contribution is 0.104. The molecular weight excluding hydrogens is 323 g/mol. The van der Waals surface area contributed by atoms with Gasteiger partial charge in [-0.3, -0.25) is 4.79 Å². The van der Waals surface area contributed by atoms with Gasteiger partial charge in [0.2, 0.25) is 0 Å². The SMILES string of the molecule is COc1cc(OC)c(C(=O)/C=C/c2ccc(Cl)cc2)cc1Cl. The molecule has 114 valence electrons. The molecule has 0 radical (unpaired) electrons. The molecule has 3 nitrogen and oxygen atoms in total. The van der Waals surface area contributed by atoms with Crippen molar-refractivity contribution in [3.63, 3.8) is 0 Å². The summed E-state index contributed by atoms with van der Waals surface area (Å²) in [6.07, 6.45) is 3.17. The van der Waals surface area contributed by atoms with E-state index in [1.54, 1.807) is 24.3 Å². The monoisotopic (exact) mass is 336 g/mol. The fourth-order valence-electron chi connectivity index (χ4n) is 1.89. The Balaban J connectivity index is 2.29. The summed E-state index contributed by atoms with van der Waals surface area (Å²) >= 11 is 11.9. The minimum atomic E-state index is -0.212. The Hall–Kier alpha value is -1.97. The first-order valence-corrected chi connectivity index (χ1v) is 7.20. The second-order valence-electron chi connectivity index (χ2n) is 4.44. The fraction of sp³-hybridized carbons (Fsp3) is 0.118. The number of benzene rings is 2. The average molecular weight is 337 g/mol. The van der Waals surface area contributed by atoms with Gasteiger partial charge in [-0.05, 0) is 29.8 Å². The Bertz CT molecular complexity index is 707. The number of rotatable bonds is 5. The van der Waals surface area contributed by atoms with Gasteiger partial charge >= 0.3 is 0 Å². The molecule has 0 saturated heterocycles. The summed E-state index contributed by atoms with van der Waals surface area (Å²) in [6, 6.07) is 10.3. The van der Waals surface area contributed by atoms with Crippen LogP contribution >= 0.6 is 23.2 Å². The third-order valence-electron chi connectivity index (χ3n) is 3.04. The molecule has 0 heterocycles. The van der Waals surface area contributed by atoms with Crippen molar-refractivity contribution in [3.05, 3.63) is 63.6 Å². The third-order valence-corrected chi connectivity index (χ3v) is 3.58. The number of methoxy groups -OCH3 is 2. The number of allylic oxidation sites excluding steroid dienone is 1. The van der Waals surface area contributed by atoms with E-state index < -0.39 is 0 Å². The maximum Gasteiger partial charge on any atom is 0.189 e. The first-order chi connectivity index (χ1) is 10.5. The maximum absolute atomic E-state index is 12.3. The summed E-state index contributed by atoms with van der Waals surface area (Å²) in [7, 11) is 2.99. The van der Waals surface area contributed by atoms with Crippen LogP contribution in [0.4, 0.5) is 0 Å². The summed E-state index contributed by atoms with van der Waals surface area (Å²) in [4.78, 5) is 12.3. The summed E-state index contributed by atoms with van der Waals surface area (Å²) in [5, 5.41) is 0.999. The van der Waals surface area contributed by atoms with Gasteiger partial charge in [0.05, 0.1) is 24.8 Å². The van der Waals surface area contributed by atoms with Gasteiger partial charge in [-0.1, -0.05) is 41.4 Å². The molecule has 2 aromatic rings. The zero-order valence-corrected chi connectivity index (χ0v) is 13.6. The van der Waals surface area contributed by atoms with Crippen molar-refractivity contribution in [2.75, 3.05) is 14.2 Å². The Morgan fingerprint density at radius 3 is 2.23 bits per heavy atom. The van der Waals surface area contributed by atoms with Crippen LogP contribution < -0.4 is 9.47 Å². The van der Waals surface area contributed by atoms with Crippen molar-refractivity contribution in [2.45, 2.75) is 0 Å². The molecule has 0 N–H and O–H groups in total. The lowest BCUT2D eigenvalue weighted by Crippen LogP contribution is -2.00. The summed E-state index contributed by atoms with van der Waals surface area (Å²) < 4.78 is 10.3. The van der Waals surface area contributed by atoms with Gasteiger partial charge in [0.1, 0.15) is 11.5 Å². The van der Waals surface area contributed by atoms with Crippen molar-refractivity contribution in [1.82, 2.24) is 0 Å². The van der Waals surface area contributed by atoms with Crippen LogP contribution in [-0.2, 0) is 0 Å². The van der Waals surface area contributed by atoms with E-state index >= 15 is 0 Å². The Morgan fingerprint density at radius 1 is 1.00 bits per heavy atom. The molecule has 0 aromatic heterocycles. The molecular formula is C17H14Cl2O3. The predicted octanol–water partition coefficient (Wildman–Crippen LogP) is 4.91. The van der Waals surface area contributed by atoms with Gasteiger partial charge in [-0.25, -0.2) is 0 Å². The van der Waals surface area contributed by atoms with Crippen molar-refractivity contribution in [2.24, 2.45) is 0 Å². The van der Waals surface area contributed by atoms with Crippen LogP contribution in [0.1, 0.15) is 15.9 Å². The van der Waals surface area contributed by atoms with Gasteiger partial charge in [0.25, 0.3) is 0 Å². The standard InChI is InChI=1S/C17H14Cl2O3/c1-21-16-10-17(22-2)14(19)9-13(16)15(20)8-5-11-3-6-12(18)7-4-11/h3-10H,1-2H3/b8-5+. The highest BCUT2D eigenvalue weighted by Gasteiger charge is 2.14. The molecule has 2 rings (SSSR count). The molecule has 0 bridgehead atoms. The molecule has 5 heteroatoms. The number of hydrogen-bond donors (Lipinski definition) is 0. The van der Waals surface area contributed by atoms with E-state index in [2.05, 4.69) is 0 Å². The van der Waals surface area contributed by atoms with Gasteiger partial charge in [-0.2, -0.15) is 0 Å². The highest BCUT2D eigenvalue weighted by atomic mass is 35.5. The molecule has 0 aliphatic heterocycles. The minimum absolute atomic E-state index is 0.212. The van der Waals surface area contributed by atoms with Crippen LogP contribution in [0.25, 0.3) is 6.08 Å². The van der Waals surface area contributed by atoms with E-state index in [0.717, 1.165) is 5.56 Å². The molecule has 0 spiro atoms. The van der Waals surface area contributed by atoms with Crippen molar-refractivity contribution < 1.29 is 14.3 Å². The number of hydrogen-bond acceptors (Lipinski definition) is 3. The van der Waals surface area contributed by atoms with Gasteiger partial charge in [0, 0.05) is 11.1 Å². The quantitative estimate of drug-likeness (QED) is 0.575. The first-order valence-electron chi connectivity index (χ1n) is 6.44. The van der Waals surface area contributed by atoms with Crippen LogP contribution in [0.3, 0.4) is 0 Å². The maximum atomic E-state index is 12.3. The third kappa shape index (κ3) is 3.81. The van der Waals surface area contributed by atoms with Gasteiger partial charge in [-0.15, -0.1) is 0 Å². The molecule has 0 unspecified atom stereocenters. The molecule has 0 aliphatic carbocycles. The largest absolute Gasteiger partial charge is 0.496 e. The summed E-state index contributed by atoms with van der Waals surface area (Å²) in [5.74, 6) is 0.653. The zero-order chi connectivity index (χ0) is 16.1. The van der Waals surface area contributed by atoms with E-state index in [1.165, 1.54) is 26.4 Å². The molecule has 0 atom stereocenters. The Morgan fingerprint density at radius 2 is 1.64 bits per heavy atom. The van der Waals surface area contributed by atoms with E-state index in [4.69, 9.17) is 32.7 Å². The Kier molecular flexibility index (Phi) is 5.47. The summed E-state index contributed by atoms with van der Waals surface area (Å²) in [5.41, 5.74) is 1.25. The number of carbonyl (C=O) groups excluding carboxylic acids is 1. The fourth-order valence-corrected chi connectivity index (χ4v) is 2.25. The second-order valence-corrected chi connectivity index (χ2v) is 5.28. The van der Waals surface area contributed by atoms with E-state index in [9.17, 15) is 4.79 Å². The molecule has 0 aliphatic rings. The van der Waals surface area contributed by atoms with E-state index in [1.807, 2.05) is 12.1 Å². The smallest absolute Gasteiger partial charge is 0.189 e. The van der Waals surface area contributed by atoms with Crippen LogP contribution in [0.2, 0.25) is 10.0 Å². The number of carbonyl (C=O) groups is 1. The number of halogens is 2. The zero-order valence-electron chi connectivity index (χ0n) is 12.1. The second kappa shape index (κ2) is 7.34. The van der Waals surface area contributed by atoms with Crippen molar-refractivity contribution in [3.8, 4) is 11.5 Å². The van der Waals surface area contributed by atoms with Crippen molar-refractivity contribution >= 4 is 35.1 Å². The topological polar surface area (TPSA) is 35.5 Å². The molecule has 0 saturated carbocycles. The molecule has 22 heavy (non-hydrogen) atoms. The average Bonchev–Trinajstić information content (AvgIpc) is 2.53. The highest BCUT2D eigenvalue weighted by molar-refractivity contribution is 6.32. The van der Waals surface area contributed by atoms with Gasteiger partial charge < -0.3 is 9.47 Å². The highest BCUT2D eigenvalue weighted by Crippen LogP contribution is 2.33. The lowest BCUT2D eigenvalue weighted by Gasteiger charge is -2.10. The minimum Gasteiger partial charge on any atom is -0.496 e. The van der Waals surface area contributed by atoms with Crippen LogP contribution in [0, 0.1) is 0 Å². The van der Waals surface area contributed by atoms with Crippen LogP contribution in [0.15, 0.2) is 42.5 Å². The van der Waals surface area contributed by atoms with Crippen LogP contribution in [0.5, 0.6) is 11.5 Å². The Labute approximate surface area is 139 Å². The van der Waals surface area contributed by atoms with E-state index in [-0.39, 0.29) is 5.78 Å². The predicted molar refractivity (Wildman–Crippen MR) is 89.4 cm³/mol. The first kappa shape index (κ1) is 16.4. The number of ether oxygens (including phenoxy) is 2. The van der Waals surface area contributed by atoms with Gasteiger partial charge in [0.15, 0.2) is 5.78 Å².